The van der Waals surface area contributed by atoms with Crippen LogP contribution in [0, 0.1) is 3.57 Å². The third-order valence-corrected chi connectivity index (χ3v) is 3.63. The van der Waals surface area contributed by atoms with E-state index in [2.05, 4.69) is 22.6 Å². The van der Waals surface area contributed by atoms with E-state index < -0.39 is 12.0 Å². The summed E-state index contributed by atoms with van der Waals surface area (Å²) in [5.41, 5.74) is 0. The molecule has 0 saturated carbocycles. The van der Waals surface area contributed by atoms with Crippen molar-refractivity contribution < 1.29 is 24.2 Å². The van der Waals surface area contributed by atoms with Crippen molar-refractivity contribution in [1.29, 1.82) is 0 Å². The van der Waals surface area contributed by atoms with Gasteiger partial charge in [-0.05, 0) is 46.9 Å². The Hall–Kier alpha value is -1.35. The van der Waals surface area contributed by atoms with Crippen LogP contribution < -0.4 is 4.74 Å². The van der Waals surface area contributed by atoms with Gasteiger partial charge in [0, 0.05) is 10.1 Å². The number of hydrogen-bond acceptors (Lipinski definition) is 4. The lowest BCUT2D eigenvalue weighted by atomic mass is 10.2. The molecule has 7 heteroatoms. The van der Waals surface area contributed by atoms with Crippen molar-refractivity contribution in [3.05, 3.63) is 27.8 Å². The van der Waals surface area contributed by atoms with Gasteiger partial charge in [0.15, 0.2) is 12.6 Å². The molecular weight excluding hydrogens is 377 g/mol. The number of hydrogen-bond donors (Lipinski definition) is 1. The summed E-state index contributed by atoms with van der Waals surface area (Å²) in [4.78, 5) is 24.4. The molecule has 1 saturated heterocycles. The fourth-order valence-corrected chi connectivity index (χ4v) is 2.23. The molecule has 0 aliphatic carbocycles. The number of halogens is 1. The molecule has 1 aliphatic heterocycles. The summed E-state index contributed by atoms with van der Waals surface area (Å²) in [6, 6.07) is 6.34. The van der Waals surface area contributed by atoms with E-state index in [9.17, 15) is 9.59 Å². The minimum Gasteiger partial charge on any atom is -0.484 e. The summed E-state index contributed by atoms with van der Waals surface area (Å²) in [5.74, 6) is -0.828. The smallest absolute Gasteiger partial charge is 0.328 e. The first-order valence-electron chi connectivity index (χ1n) is 6.06. The van der Waals surface area contributed by atoms with Gasteiger partial charge in [0.1, 0.15) is 5.75 Å². The number of ether oxygens (including phenoxy) is 2. The van der Waals surface area contributed by atoms with Crippen LogP contribution in [0.15, 0.2) is 24.3 Å². The Kier molecular flexibility index (Phi) is 5.18. The third kappa shape index (κ3) is 3.83. The highest BCUT2D eigenvalue weighted by atomic mass is 127. The van der Waals surface area contributed by atoms with Crippen molar-refractivity contribution in [3.8, 4) is 5.75 Å². The van der Waals surface area contributed by atoms with Crippen molar-refractivity contribution in [1.82, 2.24) is 4.90 Å². The molecule has 0 bridgehead atoms. The number of carboxylic acid groups (broad SMARTS) is 1. The molecule has 1 aromatic rings. The van der Waals surface area contributed by atoms with Crippen LogP contribution >= 0.6 is 22.6 Å². The topological polar surface area (TPSA) is 76.1 Å². The monoisotopic (exact) mass is 391 g/mol. The van der Waals surface area contributed by atoms with Crippen molar-refractivity contribution in [2.45, 2.75) is 6.04 Å². The lowest BCUT2D eigenvalue weighted by Crippen LogP contribution is -2.53. The van der Waals surface area contributed by atoms with Crippen LogP contribution in [-0.4, -0.2) is 54.3 Å². The summed E-state index contributed by atoms with van der Waals surface area (Å²) in [5, 5.41) is 9.06. The quantitative estimate of drug-likeness (QED) is 0.775. The fraction of sp³-hybridized carbons (Fsp3) is 0.385. The Morgan fingerprint density at radius 1 is 1.40 bits per heavy atom. The molecule has 1 fully saturated rings. The second-order valence-electron chi connectivity index (χ2n) is 4.26. The number of carboxylic acids is 1. The standard InChI is InChI=1S/C13H14INO5/c14-9-1-3-10(4-2-9)20-8-12(16)15-5-6-19-7-11(15)13(17)18/h1-4,11H,5-8H2,(H,17,18). The Labute approximate surface area is 129 Å². The molecular formula is C13H14INO5. The molecule has 1 amide bonds. The molecule has 108 valence electrons. The lowest BCUT2D eigenvalue weighted by Gasteiger charge is -2.32. The molecule has 0 aromatic heterocycles. The minimum absolute atomic E-state index is 0.0185. The molecule has 1 unspecified atom stereocenters. The van der Waals surface area contributed by atoms with Crippen molar-refractivity contribution in [3.63, 3.8) is 0 Å². The zero-order valence-corrected chi connectivity index (χ0v) is 12.8. The normalized spacial score (nSPS) is 18.6. The highest BCUT2D eigenvalue weighted by Gasteiger charge is 2.32. The van der Waals surface area contributed by atoms with Gasteiger partial charge < -0.3 is 19.5 Å². The van der Waals surface area contributed by atoms with Gasteiger partial charge in [-0.3, -0.25) is 4.79 Å². The van der Waals surface area contributed by atoms with E-state index in [4.69, 9.17) is 14.6 Å². The molecule has 20 heavy (non-hydrogen) atoms. The molecule has 2 rings (SSSR count). The van der Waals surface area contributed by atoms with Gasteiger partial charge in [-0.25, -0.2) is 4.79 Å². The third-order valence-electron chi connectivity index (χ3n) is 2.91. The molecule has 1 aromatic carbocycles. The van der Waals surface area contributed by atoms with Crippen LogP contribution in [0.5, 0.6) is 5.75 Å². The summed E-state index contributed by atoms with van der Waals surface area (Å²) < 4.78 is 11.5. The van der Waals surface area contributed by atoms with E-state index in [0.717, 1.165) is 3.57 Å². The van der Waals surface area contributed by atoms with E-state index >= 15 is 0 Å². The average molecular weight is 391 g/mol. The molecule has 6 nitrogen and oxygen atoms in total. The Bertz CT molecular complexity index is 490. The van der Waals surface area contributed by atoms with Gasteiger partial charge in [0.2, 0.25) is 0 Å². The van der Waals surface area contributed by atoms with Crippen molar-refractivity contribution in [2.24, 2.45) is 0 Å². The molecule has 0 spiro atoms. The van der Waals surface area contributed by atoms with Gasteiger partial charge >= 0.3 is 5.97 Å². The molecule has 1 atom stereocenters. The van der Waals surface area contributed by atoms with Crippen LogP contribution in [-0.2, 0) is 14.3 Å². The zero-order valence-electron chi connectivity index (χ0n) is 10.6. The number of rotatable bonds is 4. The first-order chi connectivity index (χ1) is 9.58. The van der Waals surface area contributed by atoms with Crippen molar-refractivity contribution >= 4 is 34.5 Å². The van der Waals surface area contributed by atoms with Crippen LogP contribution in [0.25, 0.3) is 0 Å². The van der Waals surface area contributed by atoms with E-state index in [1.54, 1.807) is 12.1 Å². The largest absolute Gasteiger partial charge is 0.484 e. The molecule has 1 aliphatic rings. The maximum absolute atomic E-state index is 12.0. The van der Waals surface area contributed by atoms with Crippen LogP contribution in [0.2, 0.25) is 0 Å². The summed E-state index contributed by atoms with van der Waals surface area (Å²) in [6.45, 7) is 0.458. The Morgan fingerprint density at radius 3 is 2.75 bits per heavy atom. The lowest BCUT2D eigenvalue weighted by molar-refractivity contribution is -0.159. The zero-order chi connectivity index (χ0) is 14.5. The number of carbonyl (C=O) groups excluding carboxylic acids is 1. The Morgan fingerprint density at radius 2 is 2.10 bits per heavy atom. The Balaban J connectivity index is 1.93. The highest BCUT2D eigenvalue weighted by molar-refractivity contribution is 14.1. The maximum Gasteiger partial charge on any atom is 0.328 e. The van der Waals surface area contributed by atoms with Gasteiger partial charge in [0.25, 0.3) is 5.91 Å². The predicted octanol–water partition coefficient (Wildman–Crippen LogP) is 0.982. The first-order valence-corrected chi connectivity index (χ1v) is 7.14. The first kappa shape index (κ1) is 15.0. The SMILES string of the molecule is O=C(O)C1COCCN1C(=O)COc1ccc(I)cc1. The molecule has 1 heterocycles. The van der Waals surface area contributed by atoms with Gasteiger partial charge in [0.05, 0.1) is 13.2 Å². The number of benzene rings is 1. The number of nitrogens with zero attached hydrogens (tertiary/aromatic N) is 1. The van der Waals surface area contributed by atoms with Crippen LogP contribution in [0.3, 0.4) is 0 Å². The number of carbonyl (C=O) groups is 2. The second-order valence-corrected chi connectivity index (χ2v) is 5.50. The van der Waals surface area contributed by atoms with Crippen LogP contribution in [0.1, 0.15) is 0 Å². The fourth-order valence-electron chi connectivity index (χ4n) is 1.87. The molecule has 1 N–H and O–H groups in total. The number of aliphatic carboxylic acids is 1. The van der Waals surface area contributed by atoms with E-state index in [1.807, 2.05) is 12.1 Å². The number of morpholine rings is 1. The minimum atomic E-state index is -1.06. The van der Waals surface area contributed by atoms with Gasteiger partial charge in [-0.2, -0.15) is 0 Å². The van der Waals surface area contributed by atoms with E-state index in [1.165, 1.54) is 4.90 Å². The van der Waals surface area contributed by atoms with E-state index in [0.29, 0.717) is 12.4 Å². The van der Waals surface area contributed by atoms with Crippen molar-refractivity contribution in [2.75, 3.05) is 26.4 Å². The highest BCUT2D eigenvalue weighted by Crippen LogP contribution is 2.14. The molecule has 0 radical (unpaired) electrons. The van der Waals surface area contributed by atoms with Crippen LogP contribution in [0.4, 0.5) is 0 Å². The summed E-state index contributed by atoms with van der Waals surface area (Å²) >= 11 is 2.17. The van der Waals surface area contributed by atoms with Gasteiger partial charge in [-0.1, -0.05) is 0 Å². The van der Waals surface area contributed by atoms with E-state index in [-0.39, 0.29) is 25.7 Å². The second kappa shape index (κ2) is 6.89. The maximum atomic E-state index is 12.0. The summed E-state index contributed by atoms with van der Waals surface area (Å²) in [7, 11) is 0. The number of amides is 1. The average Bonchev–Trinajstić information content (AvgIpc) is 2.46. The summed E-state index contributed by atoms with van der Waals surface area (Å²) in [6.07, 6.45) is 0. The predicted molar refractivity (Wildman–Crippen MR) is 78.6 cm³/mol. The van der Waals surface area contributed by atoms with Gasteiger partial charge in [-0.15, -0.1) is 0 Å².